The van der Waals surface area contributed by atoms with Crippen LogP contribution in [0.5, 0.6) is 0 Å². The molecule has 0 radical (unpaired) electrons. The van der Waals surface area contributed by atoms with E-state index in [4.69, 9.17) is 5.73 Å². The van der Waals surface area contributed by atoms with E-state index in [1.165, 1.54) is 4.90 Å². The van der Waals surface area contributed by atoms with Gasteiger partial charge in [0.1, 0.15) is 0 Å². The summed E-state index contributed by atoms with van der Waals surface area (Å²) in [4.78, 5) is 24.9. The van der Waals surface area contributed by atoms with Crippen molar-refractivity contribution in [1.29, 1.82) is 0 Å². The van der Waals surface area contributed by atoms with Gasteiger partial charge in [-0.2, -0.15) is 0 Å². The summed E-state index contributed by atoms with van der Waals surface area (Å²) in [6.45, 7) is 2.35. The van der Waals surface area contributed by atoms with Gasteiger partial charge < -0.3 is 16.0 Å². The molecule has 0 aromatic heterocycles. The van der Waals surface area contributed by atoms with Crippen molar-refractivity contribution in [3.8, 4) is 0 Å². The van der Waals surface area contributed by atoms with Crippen LogP contribution in [0.25, 0.3) is 0 Å². The zero-order valence-corrected chi connectivity index (χ0v) is 11.4. The number of nitrogens with zero attached hydrogens (tertiary/aromatic N) is 1. The highest BCUT2D eigenvalue weighted by Gasteiger charge is 2.21. The molecule has 2 amide bonds. The number of amides is 2. The molecule has 104 valence electrons. The molecule has 0 heterocycles. The van der Waals surface area contributed by atoms with E-state index in [0.717, 1.165) is 5.56 Å². The maximum atomic E-state index is 12.2. The maximum absolute atomic E-state index is 12.2. The van der Waals surface area contributed by atoms with E-state index in [1.54, 1.807) is 7.05 Å². The topological polar surface area (TPSA) is 75.4 Å². The summed E-state index contributed by atoms with van der Waals surface area (Å²) >= 11 is 0. The number of nitrogens with one attached hydrogen (secondary N) is 1. The van der Waals surface area contributed by atoms with Gasteiger partial charge in [-0.3, -0.25) is 9.59 Å². The van der Waals surface area contributed by atoms with Crippen molar-refractivity contribution in [2.45, 2.75) is 19.4 Å². The predicted molar refractivity (Wildman–Crippen MR) is 74.4 cm³/mol. The first kappa shape index (κ1) is 15.2. The molecule has 1 aromatic carbocycles. The Kier molecular flexibility index (Phi) is 6.02. The third kappa shape index (κ3) is 4.71. The Hall–Kier alpha value is -1.88. The summed E-state index contributed by atoms with van der Waals surface area (Å²) in [5, 5.41) is 2.50. The quantitative estimate of drug-likeness (QED) is 0.767. The normalized spacial score (nSPS) is 11.7. The van der Waals surface area contributed by atoms with Gasteiger partial charge in [-0.05, 0) is 18.9 Å². The lowest BCUT2D eigenvalue weighted by molar-refractivity contribution is -0.136. The number of hydrogen-bond donors (Lipinski definition) is 2. The molecular weight excluding hydrogens is 242 g/mol. The fourth-order valence-corrected chi connectivity index (χ4v) is 1.79. The molecule has 5 nitrogen and oxygen atoms in total. The van der Waals surface area contributed by atoms with E-state index < -0.39 is 6.04 Å². The number of rotatable bonds is 6. The third-order valence-corrected chi connectivity index (χ3v) is 2.92. The molecule has 1 aromatic rings. The van der Waals surface area contributed by atoms with Crippen LogP contribution >= 0.6 is 0 Å². The minimum Gasteiger partial charge on any atom is -0.358 e. The number of benzene rings is 1. The van der Waals surface area contributed by atoms with Crippen LogP contribution in [0.2, 0.25) is 0 Å². The van der Waals surface area contributed by atoms with Crippen LogP contribution in [0.3, 0.4) is 0 Å². The Bertz CT molecular complexity index is 420. The van der Waals surface area contributed by atoms with Gasteiger partial charge in [-0.1, -0.05) is 30.3 Å². The van der Waals surface area contributed by atoms with E-state index >= 15 is 0 Å². The number of carbonyl (C=O) groups excluding carboxylic acids is 2. The van der Waals surface area contributed by atoms with Gasteiger partial charge in [-0.15, -0.1) is 0 Å². The maximum Gasteiger partial charge on any atom is 0.240 e. The molecule has 0 fully saturated rings. The van der Waals surface area contributed by atoms with Crippen molar-refractivity contribution in [2.75, 3.05) is 20.1 Å². The lowest BCUT2D eigenvalue weighted by Crippen LogP contribution is -2.48. The van der Waals surface area contributed by atoms with Crippen LogP contribution in [-0.2, 0) is 16.0 Å². The second-order valence-electron chi connectivity index (χ2n) is 4.32. The first-order valence-corrected chi connectivity index (χ1v) is 6.37. The van der Waals surface area contributed by atoms with E-state index in [-0.39, 0.29) is 18.4 Å². The first-order valence-electron chi connectivity index (χ1n) is 6.37. The molecular formula is C14H21N3O2. The van der Waals surface area contributed by atoms with Gasteiger partial charge in [0.15, 0.2) is 0 Å². The number of nitrogens with two attached hydrogens (primary N) is 1. The van der Waals surface area contributed by atoms with Crippen molar-refractivity contribution in [3.63, 3.8) is 0 Å². The lowest BCUT2D eigenvalue weighted by atomic mass is 10.1. The van der Waals surface area contributed by atoms with Crippen molar-refractivity contribution in [1.82, 2.24) is 10.2 Å². The van der Waals surface area contributed by atoms with Crippen LogP contribution < -0.4 is 11.1 Å². The van der Waals surface area contributed by atoms with E-state index in [9.17, 15) is 9.59 Å². The minimum absolute atomic E-state index is 0.0499. The molecule has 0 saturated carbocycles. The Morgan fingerprint density at radius 2 is 1.95 bits per heavy atom. The largest absolute Gasteiger partial charge is 0.358 e. The molecule has 0 saturated heterocycles. The van der Waals surface area contributed by atoms with Crippen molar-refractivity contribution < 1.29 is 9.59 Å². The van der Waals surface area contributed by atoms with Gasteiger partial charge >= 0.3 is 0 Å². The summed E-state index contributed by atoms with van der Waals surface area (Å²) in [5.41, 5.74) is 6.93. The zero-order valence-electron chi connectivity index (χ0n) is 11.4. The number of hydrogen-bond acceptors (Lipinski definition) is 3. The second-order valence-corrected chi connectivity index (χ2v) is 4.32. The van der Waals surface area contributed by atoms with Gasteiger partial charge in [0.2, 0.25) is 11.8 Å². The highest BCUT2D eigenvalue weighted by Crippen LogP contribution is 2.04. The van der Waals surface area contributed by atoms with Crippen LogP contribution in [0, 0.1) is 0 Å². The minimum atomic E-state index is -0.619. The van der Waals surface area contributed by atoms with E-state index in [1.807, 2.05) is 37.3 Å². The smallest absolute Gasteiger partial charge is 0.240 e. The predicted octanol–water partition coefficient (Wildman–Crippen LogP) is 0.151. The van der Waals surface area contributed by atoms with Crippen molar-refractivity contribution >= 4 is 11.8 Å². The molecule has 0 aliphatic carbocycles. The molecule has 0 spiro atoms. The fraction of sp³-hybridized carbons (Fsp3) is 0.429. The monoisotopic (exact) mass is 263 g/mol. The number of carbonyl (C=O) groups is 2. The number of likely N-dealkylation sites (N-methyl/N-ethyl adjacent to an activating group) is 2. The SMILES string of the molecule is CCN(CC(=O)NC)C(=O)[C@@H](N)Cc1ccccc1. The molecule has 5 heteroatoms. The van der Waals surface area contributed by atoms with Crippen LogP contribution in [0.1, 0.15) is 12.5 Å². The molecule has 1 rings (SSSR count). The first-order chi connectivity index (χ1) is 9.08. The molecule has 3 N–H and O–H groups in total. The summed E-state index contributed by atoms with van der Waals surface area (Å²) in [6.07, 6.45) is 0.476. The molecule has 0 bridgehead atoms. The van der Waals surface area contributed by atoms with Crippen LogP contribution in [0.4, 0.5) is 0 Å². The van der Waals surface area contributed by atoms with Gasteiger partial charge in [0.05, 0.1) is 12.6 Å². The van der Waals surface area contributed by atoms with Crippen LogP contribution in [0.15, 0.2) is 30.3 Å². The average Bonchev–Trinajstić information content (AvgIpc) is 2.44. The Morgan fingerprint density at radius 1 is 1.32 bits per heavy atom. The summed E-state index contributed by atoms with van der Waals surface area (Å²) in [7, 11) is 1.55. The second kappa shape index (κ2) is 7.53. The molecule has 0 aliphatic heterocycles. The zero-order chi connectivity index (χ0) is 14.3. The van der Waals surface area contributed by atoms with E-state index in [0.29, 0.717) is 13.0 Å². The van der Waals surface area contributed by atoms with Crippen molar-refractivity contribution in [3.05, 3.63) is 35.9 Å². The summed E-state index contributed by atoms with van der Waals surface area (Å²) < 4.78 is 0. The van der Waals surface area contributed by atoms with Crippen molar-refractivity contribution in [2.24, 2.45) is 5.73 Å². The molecule has 19 heavy (non-hydrogen) atoms. The summed E-state index contributed by atoms with van der Waals surface area (Å²) in [5.74, 6) is -0.392. The molecule has 0 unspecified atom stereocenters. The standard InChI is InChI=1S/C14H21N3O2/c1-3-17(10-13(18)16-2)14(19)12(15)9-11-7-5-4-6-8-11/h4-8,12H,3,9-10,15H2,1-2H3,(H,16,18)/t12-/m0/s1. The van der Waals surface area contributed by atoms with Gasteiger partial charge in [0.25, 0.3) is 0 Å². The molecule has 0 aliphatic rings. The fourth-order valence-electron chi connectivity index (χ4n) is 1.79. The van der Waals surface area contributed by atoms with Crippen LogP contribution in [-0.4, -0.2) is 42.9 Å². The van der Waals surface area contributed by atoms with Gasteiger partial charge in [0, 0.05) is 13.6 Å². The lowest BCUT2D eigenvalue weighted by Gasteiger charge is -2.23. The molecule has 1 atom stereocenters. The Morgan fingerprint density at radius 3 is 2.47 bits per heavy atom. The highest BCUT2D eigenvalue weighted by molar-refractivity contribution is 5.87. The average molecular weight is 263 g/mol. The highest BCUT2D eigenvalue weighted by atomic mass is 16.2. The van der Waals surface area contributed by atoms with E-state index in [2.05, 4.69) is 5.32 Å². The third-order valence-electron chi connectivity index (χ3n) is 2.92. The van der Waals surface area contributed by atoms with Gasteiger partial charge in [-0.25, -0.2) is 0 Å². The Balaban J connectivity index is 2.61. The summed E-state index contributed by atoms with van der Waals surface area (Å²) in [6, 6.07) is 8.99. The Labute approximate surface area is 113 Å².